The summed E-state index contributed by atoms with van der Waals surface area (Å²) in [6.07, 6.45) is 0.887. The number of benzene rings is 1. The predicted octanol–water partition coefficient (Wildman–Crippen LogP) is 4.21. The zero-order chi connectivity index (χ0) is 18.7. The van der Waals surface area contributed by atoms with Crippen LogP contribution in [0.4, 0.5) is 0 Å². The highest BCUT2D eigenvalue weighted by Crippen LogP contribution is 2.44. The Kier molecular flexibility index (Phi) is 5.77. The van der Waals surface area contributed by atoms with Crippen LogP contribution in [-0.2, 0) is 4.79 Å². The van der Waals surface area contributed by atoms with Gasteiger partial charge in [0.25, 0.3) is 5.91 Å². The lowest BCUT2D eigenvalue weighted by Gasteiger charge is -2.42. The molecule has 26 heavy (non-hydrogen) atoms. The summed E-state index contributed by atoms with van der Waals surface area (Å²) in [5.41, 5.74) is 1.49. The Morgan fingerprint density at radius 3 is 2.65 bits per heavy atom. The van der Waals surface area contributed by atoms with E-state index in [4.69, 9.17) is 0 Å². The lowest BCUT2D eigenvalue weighted by atomic mass is 9.81. The number of amides is 2. The van der Waals surface area contributed by atoms with Gasteiger partial charge in [-0.1, -0.05) is 45.0 Å². The second kappa shape index (κ2) is 8.04. The minimum atomic E-state index is -0.382. The number of rotatable bonds is 6. The standard InChI is InChI=1S/C21H26N2O2S/c1-4-11-22-20(24)18-15-8-5-6-9-16(15)21(25)23(13-14(2)3)19(18)17-10-7-12-26-17/h5-10,12,14,18-19H,4,11,13H2,1-3H3,(H,22,24)/t18-,19-/m1/s1. The molecule has 2 aromatic rings. The van der Waals surface area contributed by atoms with Crippen molar-refractivity contribution in [2.75, 3.05) is 13.1 Å². The molecule has 0 bridgehead atoms. The molecule has 0 saturated heterocycles. The van der Waals surface area contributed by atoms with Crippen LogP contribution in [0, 0.1) is 5.92 Å². The summed E-state index contributed by atoms with van der Waals surface area (Å²) >= 11 is 1.61. The van der Waals surface area contributed by atoms with Crippen molar-refractivity contribution in [1.82, 2.24) is 10.2 Å². The van der Waals surface area contributed by atoms with E-state index in [2.05, 4.69) is 19.2 Å². The smallest absolute Gasteiger partial charge is 0.254 e. The van der Waals surface area contributed by atoms with Gasteiger partial charge in [0.2, 0.25) is 5.91 Å². The van der Waals surface area contributed by atoms with Gasteiger partial charge in [0.15, 0.2) is 0 Å². The van der Waals surface area contributed by atoms with Crippen molar-refractivity contribution in [3.63, 3.8) is 0 Å². The highest BCUT2D eigenvalue weighted by molar-refractivity contribution is 7.10. The van der Waals surface area contributed by atoms with Crippen LogP contribution in [0.2, 0.25) is 0 Å². The lowest BCUT2D eigenvalue weighted by molar-refractivity contribution is -0.124. The number of nitrogens with one attached hydrogen (secondary N) is 1. The van der Waals surface area contributed by atoms with Crippen LogP contribution in [-0.4, -0.2) is 29.8 Å². The molecule has 2 heterocycles. The first kappa shape index (κ1) is 18.6. The predicted molar refractivity (Wildman–Crippen MR) is 105 cm³/mol. The molecule has 0 saturated carbocycles. The van der Waals surface area contributed by atoms with Gasteiger partial charge in [-0.15, -0.1) is 11.3 Å². The maximum absolute atomic E-state index is 13.2. The topological polar surface area (TPSA) is 49.4 Å². The Labute approximate surface area is 159 Å². The first-order chi connectivity index (χ1) is 12.5. The zero-order valence-corrected chi connectivity index (χ0v) is 16.4. The number of hydrogen-bond acceptors (Lipinski definition) is 3. The minimum absolute atomic E-state index is 0.000967. The summed E-state index contributed by atoms with van der Waals surface area (Å²) in [6, 6.07) is 11.3. The monoisotopic (exact) mass is 370 g/mol. The molecule has 4 nitrogen and oxygen atoms in total. The molecular formula is C21H26N2O2S. The van der Waals surface area contributed by atoms with Crippen molar-refractivity contribution in [2.45, 2.75) is 39.2 Å². The van der Waals surface area contributed by atoms with E-state index in [0.29, 0.717) is 24.6 Å². The summed E-state index contributed by atoms with van der Waals surface area (Å²) in [5, 5.41) is 5.06. The molecule has 2 atom stereocenters. The number of fused-ring (bicyclic) bond motifs is 1. The summed E-state index contributed by atoms with van der Waals surface area (Å²) in [4.78, 5) is 29.3. The third-order valence-electron chi connectivity index (χ3n) is 4.67. The normalized spacial score (nSPS) is 19.5. The fourth-order valence-corrected chi connectivity index (χ4v) is 4.48. The molecule has 0 aliphatic carbocycles. The maximum atomic E-state index is 13.2. The second-order valence-corrected chi connectivity index (χ2v) is 8.15. The Balaban J connectivity index is 2.13. The van der Waals surface area contributed by atoms with Crippen LogP contribution in [0.3, 0.4) is 0 Å². The first-order valence-electron chi connectivity index (χ1n) is 9.25. The number of carbonyl (C=O) groups is 2. The SMILES string of the molecule is CCCNC(=O)[C@@H]1c2ccccc2C(=O)N(CC(C)C)[C@@H]1c1cccs1. The van der Waals surface area contributed by atoms with E-state index in [9.17, 15) is 9.59 Å². The molecule has 0 unspecified atom stereocenters. The van der Waals surface area contributed by atoms with Gasteiger partial charge in [0.05, 0.1) is 12.0 Å². The van der Waals surface area contributed by atoms with Crippen molar-refractivity contribution in [3.05, 3.63) is 57.8 Å². The molecule has 1 aromatic carbocycles. The van der Waals surface area contributed by atoms with E-state index < -0.39 is 0 Å². The van der Waals surface area contributed by atoms with Crippen molar-refractivity contribution in [2.24, 2.45) is 5.92 Å². The molecule has 1 aliphatic heterocycles. The lowest BCUT2D eigenvalue weighted by Crippen LogP contribution is -2.48. The van der Waals surface area contributed by atoms with Gasteiger partial charge in [-0.05, 0) is 35.4 Å². The molecule has 138 valence electrons. The molecular weight excluding hydrogens is 344 g/mol. The molecule has 0 fully saturated rings. The van der Waals surface area contributed by atoms with Gasteiger partial charge in [-0.2, -0.15) is 0 Å². The minimum Gasteiger partial charge on any atom is -0.356 e. The van der Waals surface area contributed by atoms with E-state index >= 15 is 0 Å². The Hall–Kier alpha value is -2.14. The zero-order valence-electron chi connectivity index (χ0n) is 15.6. The molecule has 3 rings (SSSR count). The summed E-state index contributed by atoms with van der Waals surface area (Å²) in [5.74, 6) is -0.0370. The van der Waals surface area contributed by atoms with E-state index in [0.717, 1.165) is 16.9 Å². The van der Waals surface area contributed by atoms with Crippen LogP contribution >= 0.6 is 11.3 Å². The third-order valence-corrected chi connectivity index (χ3v) is 5.61. The number of hydrogen-bond donors (Lipinski definition) is 1. The average molecular weight is 371 g/mol. The van der Waals surface area contributed by atoms with Crippen LogP contribution < -0.4 is 5.32 Å². The van der Waals surface area contributed by atoms with Gasteiger partial charge in [0, 0.05) is 23.5 Å². The van der Waals surface area contributed by atoms with E-state index in [1.807, 2.05) is 53.6 Å². The quantitative estimate of drug-likeness (QED) is 0.828. The molecule has 1 aliphatic rings. The largest absolute Gasteiger partial charge is 0.356 e. The van der Waals surface area contributed by atoms with Crippen LogP contribution in [0.25, 0.3) is 0 Å². The Morgan fingerprint density at radius 2 is 2.00 bits per heavy atom. The number of nitrogens with zero attached hydrogens (tertiary/aromatic N) is 1. The second-order valence-electron chi connectivity index (χ2n) is 7.17. The molecule has 0 radical (unpaired) electrons. The number of thiophene rings is 1. The summed E-state index contributed by atoms with van der Waals surface area (Å²) in [6.45, 7) is 7.53. The van der Waals surface area contributed by atoms with Gasteiger partial charge in [-0.25, -0.2) is 0 Å². The summed E-state index contributed by atoms with van der Waals surface area (Å²) < 4.78 is 0. The van der Waals surface area contributed by atoms with Crippen LogP contribution in [0.1, 0.15) is 60.0 Å². The van der Waals surface area contributed by atoms with Gasteiger partial charge >= 0.3 is 0 Å². The van der Waals surface area contributed by atoms with Crippen LogP contribution in [0.5, 0.6) is 0 Å². The van der Waals surface area contributed by atoms with Gasteiger partial charge in [0.1, 0.15) is 0 Å². The Bertz CT molecular complexity index is 770. The van der Waals surface area contributed by atoms with E-state index in [-0.39, 0.29) is 23.8 Å². The molecule has 0 spiro atoms. The third kappa shape index (κ3) is 3.54. The fraction of sp³-hybridized carbons (Fsp3) is 0.429. The van der Waals surface area contributed by atoms with Gasteiger partial charge < -0.3 is 10.2 Å². The fourth-order valence-electron chi connectivity index (χ4n) is 3.60. The molecule has 1 aromatic heterocycles. The van der Waals surface area contributed by atoms with Gasteiger partial charge in [-0.3, -0.25) is 9.59 Å². The van der Waals surface area contributed by atoms with Crippen molar-refractivity contribution in [1.29, 1.82) is 0 Å². The highest BCUT2D eigenvalue weighted by Gasteiger charge is 2.44. The van der Waals surface area contributed by atoms with E-state index in [1.54, 1.807) is 11.3 Å². The average Bonchev–Trinajstić information content (AvgIpc) is 3.15. The van der Waals surface area contributed by atoms with Crippen molar-refractivity contribution >= 4 is 23.2 Å². The molecule has 5 heteroatoms. The molecule has 1 N–H and O–H groups in total. The molecule has 2 amide bonds. The van der Waals surface area contributed by atoms with E-state index in [1.165, 1.54) is 0 Å². The van der Waals surface area contributed by atoms with Crippen molar-refractivity contribution < 1.29 is 9.59 Å². The number of carbonyl (C=O) groups excluding carboxylic acids is 2. The maximum Gasteiger partial charge on any atom is 0.254 e. The Morgan fingerprint density at radius 1 is 1.23 bits per heavy atom. The highest BCUT2D eigenvalue weighted by atomic mass is 32.1. The van der Waals surface area contributed by atoms with Crippen LogP contribution in [0.15, 0.2) is 41.8 Å². The first-order valence-corrected chi connectivity index (χ1v) is 10.1. The summed E-state index contributed by atoms with van der Waals surface area (Å²) in [7, 11) is 0. The van der Waals surface area contributed by atoms with Crippen molar-refractivity contribution in [3.8, 4) is 0 Å².